The fourth-order valence-corrected chi connectivity index (χ4v) is 2.99. The lowest BCUT2D eigenvalue weighted by atomic mass is 10.1. The molecular weight excluding hydrogens is 456 g/mol. The minimum Gasteiger partial charge on any atom is -0.493 e. The van der Waals surface area contributed by atoms with Gasteiger partial charge in [-0.05, 0) is 67.1 Å². The highest BCUT2D eigenvalue weighted by molar-refractivity contribution is 6.04. The van der Waals surface area contributed by atoms with Gasteiger partial charge in [0.15, 0.2) is 18.1 Å². The monoisotopic (exact) mass is 476 g/mol. The third-order valence-electron chi connectivity index (χ3n) is 4.64. The van der Waals surface area contributed by atoms with Gasteiger partial charge in [0.25, 0.3) is 11.8 Å². The molecule has 0 radical (unpaired) electrons. The number of hydrogen-bond acceptors (Lipinski definition) is 4. The molecule has 0 aliphatic rings. The quantitative estimate of drug-likeness (QED) is 0.446. The van der Waals surface area contributed by atoms with Crippen molar-refractivity contribution in [1.29, 1.82) is 0 Å². The predicted octanol–water partition coefficient (Wildman–Crippen LogP) is 5.43. The maximum absolute atomic E-state index is 13.6. The van der Waals surface area contributed by atoms with Crippen LogP contribution in [0.1, 0.15) is 21.5 Å². The average molecular weight is 476 g/mol. The number of anilines is 2. The third kappa shape index (κ3) is 6.25. The molecule has 0 atom stereocenters. The highest BCUT2D eigenvalue weighted by atomic mass is 19.4. The Morgan fingerprint density at radius 1 is 0.912 bits per heavy atom. The van der Waals surface area contributed by atoms with E-state index >= 15 is 0 Å². The van der Waals surface area contributed by atoms with Crippen LogP contribution >= 0.6 is 0 Å². The number of hydrogen-bond donors (Lipinski definition) is 2. The first-order chi connectivity index (χ1) is 16.1. The summed E-state index contributed by atoms with van der Waals surface area (Å²) in [6.45, 7) is 1.28. The molecule has 10 heteroatoms. The van der Waals surface area contributed by atoms with E-state index in [0.717, 1.165) is 23.8 Å². The van der Waals surface area contributed by atoms with Crippen LogP contribution in [0.25, 0.3) is 0 Å². The molecule has 2 N–H and O–H groups in total. The zero-order valence-electron chi connectivity index (χ0n) is 18.1. The Labute approximate surface area is 192 Å². The Hall–Kier alpha value is -4.08. The van der Waals surface area contributed by atoms with Crippen molar-refractivity contribution in [1.82, 2.24) is 0 Å². The molecule has 0 saturated heterocycles. The van der Waals surface area contributed by atoms with Gasteiger partial charge in [0.1, 0.15) is 5.82 Å². The van der Waals surface area contributed by atoms with Crippen LogP contribution in [0.4, 0.5) is 28.9 Å². The molecule has 3 aromatic carbocycles. The molecule has 3 rings (SSSR count). The van der Waals surface area contributed by atoms with E-state index in [1.165, 1.54) is 25.3 Å². The lowest BCUT2D eigenvalue weighted by Crippen LogP contribution is -2.23. The molecule has 0 aliphatic heterocycles. The Kier molecular flexibility index (Phi) is 7.40. The topological polar surface area (TPSA) is 76.7 Å². The van der Waals surface area contributed by atoms with Gasteiger partial charge in [-0.15, -0.1) is 0 Å². The first kappa shape index (κ1) is 24.6. The van der Waals surface area contributed by atoms with Crippen molar-refractivity contribution in [2.24, 2.45) is 0 Å². The second-order valence-electron chi connectivity index (χ2n) is 7.21. The van der Waals surface area contributed by atoms with Crippen LogP contribution in [-0.2, 0) is 11.0 Å². The Bertz CT molecular complexity index is 1190. The molecule has 178 valence electrons. The van der Waals surface area contributed by atoms with Crippen molar-refractivity contribution in [2.45, 2.75) is 13.1 Å². The lowest BCUT2D eigenvalue weighted by molar-refractivity contribution is -0.137. The number of nitrogens with one attached hydrogen (secondary N) is 2. The van der Waals surface area contributed by atoms with Crippen molar-refractivity contribution < 1.29 is 36.6 Å². The molecule has 0 spiro atoms. The van der Waals surface area contributed by atoms with Crippen LogP contribution in [0, 0.1) is 12.7 Å². The van der Waals surface area contributed by atoms with E-state index < -0.39 is 41.7 Å². The van der Waals surface area contributed by atoms with E-state index in [-0.39, 0.29) is 17.0 Å². The average Bonchev–Trinajstić information content (AvgIpc) is 2.78. The van der Waals surface area contributed by atoms with E-state index in [0.29, 0.717) is 11.8 Å². The van der Waals surface area contributed by atoms with Gasteiger partial charge in [0, 0.05) is 11.3 Å². The molecule has 0 saturated carbocycles. The maximum atomic E-state index is 13.6. The van der Waals surface area contributed by atoms with Crippen molar-refractivity contribution in [2.75, 3.05) is 24.4 Å². The summed E-state index contributed by atoms with van der Waals surface area (Å²) in [7, 11) is 1.42. The lowest BCUT2D eigenvalue weighted by Gasteiger charge is -2.16. The van der Waals surface area contributed by atoms with Crippen molar-refractivity contribution in [3.8, 4) is 11.5 Å². The summed E-state index contributed by atoms with van der Waals surface area (Å²) in [5, 5.41) is 4.50. The Morgan fingerprint density at radius 2 is 1.62 bits per heavy atom. The number of rotatable bonds is 7. The van der Waals surface area contributed by atoms with Crippen LogP contribution < -0.4 is 20.1 Å². The molecule has 0 aromatic heterocycles. The SMILES string of the molecule is COc1cc(C)ccc1OCC(=O)Nc1ccc(NC(=O)c2ccc(F)cc2)cc1C(F)(F)F. The van der Waals surface area contributed by atoms with Crippen LogP contribution in [0.15, 0.2) is 60.7 Å². The molecule has 0 fully saturated rings. The fourth-order valence-electron chi connectivity index (χ4n) is 2.99. The minimum absolute atomic E-state index is 0.0658. The van der Waals surface area contributed by atoms with E-state index in [1.54, 1.807) is 18.2 Å². The Balaban J connectivity index is 1.73. The van der Waals surface area contributed by atoms with Gasteiger partial charge in [-0.2, -0.15) is 13.2 Å². The summed E-state index contributed by atoms with van der Waals surface area (Å²) in [5.41, 5.74) is -0.853. The first-order valence-electron chi connectivity index (χ1n) is 9.92. The molecule has 0 bridgehead atoms. The van der Waals surface area contributed by atoms with E-state index in [1.807, 2.05) is 6.92 Å². The number of amides is 2. The fraction of sp³-hybridized carbons (Fsp3) is 0.167. The second kappa shape index (κ2) is 10.2. The van der Waals surface area contributed by atoms with E-state index in [4.69, 9.17) is 9.47 Å². The number of carbonyl (C=O) groups excluding carboxylic acids is 2. The minimum atomic E-state index is -4.82. The number of benzene rings is 3. The third-order valence-corrected chi connectivity index (χ3v) is 4.64. The van der Waals surface area contributed by atoms with Gasteiger partial charge in [-0.25, -0.2) is 4.39 Å². The largest absolute Gasteiger partial charge is 0.493 e. The summed E-state index contributed by atoms with van der Waals surface area (Å²) in [6, 6.07) is 12.4. The molecule has 34 heavy (non-hydrogen) atoms. The number of halogens is 4. The normalized spacial score (nSPS) is 11.0. The van der Waals surface area contributed by atoms with Crippen molar-refractivity contribution in [3.05, 3.63) is 83.2 Å². The zero-order chi connectivity index (χ0) is 24.9. The smallest absolute Gasteiger partial charge is 0.418 e. The van der Waals surface area contributed by atoms with E-state index in [9.17, 15) is 27.2 Å². The van der Waals surface area contributed by atoms with Crippen LogP contribution in [0.2, 0.25) is 0 Å². The van der Waals surface area contributed by atoms with Gasteiger partial charge >= 0.3 is 6.18 Å². The maximum Gasteiger partial charge on any atom is 0.418 e. The number of alkyl halides is 3. The summed E-state index contributed by atoms with van der Waals surface area (Å²) >= 11 is 0. The van der Waals surface area contributed by atoms with Crippen molar-refractivity contribution in [3.63, 3.8) is 0 Å². The summed E-state index contributed by atoms with van der Waals surface area (Å²) in [5.74, 6) is -1.45. The van der Waals surface area contributed by atoms with Gasteiger partial charge in [-0.1, -0.05) is 6.07 Å². The molecule has 3 aromatic rings. The molecule has 0 heterocycles. The number of aryl methyl sites for hydroxylation is 1. The number of carbonyl (C=O) groups is 2. The molecule has 2 amide bonds. The second-order valence-corrected chi connectivity index (χ2v) is 7.21. The number of methoxy groups -OCH3 is 1. The van der Waals surface area contributed by atoms with Crippen LogP contribution in [-0.4, -0.2) is 25.5 Å². The Morgan fingerprint density at radius 3 is 2.26 bits per heavy atom. The van der Waals surface area contributed by atoms with Gasteiger partial charge in [0.05, 0.1) is 18.4 Å². The highest BCUT2D eigenvalue weighted by Gasteiger charge is 2.34. The summed E-state index contributed by atoms with van der Waals surface area (Å²) in [6.07, 6.45) is -4.82. The molecular formula is C24H20F4N2O4. The standard InChI is InChI=1S/C24H20F4N2O4/c1-14-3-10-20(21(11-14)33-2)34-13-22(31)30-19-9-8-17(12-18(19)24(26,27)28)29-23(32)15-4-6-16(25)7-5-15/h3-12H,13H2,1-2H3,(H,29,32)(H,30,31). The highest BCUT2D eigenvalue weighted by Crippen LogP contribution is 2.37. The molecule has 0 aliphatic carbocycles. The van der Waals surface area contributed by atoms with Gasteiger partial charge in [-0.3, -0.25) is 9.59 Å². The van der Waals surface area contributed by atoms with Gasteiger partial charge in [0.2, 0.25) is 0 Å². The first-order valence-corrected chi connectivity index (χ1v) is 9.92. The van der Waals surface area contributed by atoms with Crippen molar-refractivity contribution >= 4 is 23.2 Å². The number of ether oxygens (including phenoxy) is 2. The van der Waals surface area contributed by atoms with Gasteiger partial charge < -0.3 is 20.1 Å². The predicted molar refractivity (Wildman–Crippen MR) is 118 cm³/mol. The molecule has 0 unspecified atom stereocenters. The zero-order valence-corrected chi connectivity index (χ0v) is 18.1. The summed E-state index contributed by atoms with van der Waals surface area (Å²) < 4.78 is 64.4. The van der Waals surface area contributed by atoms with Crippen LogP contribution in [0.5, 0.6) is 11.5 Å². The van der Waals surface area contributed by atoms with E-state index in [2.05, 4.69) is 10.6 Å². The molecule has 6 nitrogen and oxygen atoms in total. The van der Waals surface area contributed by atoms with Crippen LogP contribution in [0.3, 0.4) is 0 Å². The summed E-state index contributed by atoms with van der Waals surface area (Å²) in [4.78, 5) is 24.5.